The molecule has 40 heavy (non-hydrogen) atoms. The first-order valence-corrected chi connectivity index (χ1v) is 13.8. The lowest BCUT2D eigenvalue weighted by Crippen LogP contribution is -2.18. The van der Waals surface area contributed by atoms with E-state index in [9.17, 15) is 13.5 Å². The molecule has 0 aliphatic heterocycles. The van der Waals surface area contributed by atoms with Crippen molar-refractivity contribution in [2.24, 2.45) is 9.98 Å². The lowest BCUT2D eigenvalue weighted by Gasteiger charge is -2.20. The molecule has 0 amide bonds. The third-order valence-electron chi connectivity index (χ3n) is 5.40. The predicted molar refractivity (Wildman–Crippen MR) is 155 cm³/mol. The number of nitrogens with zero attached hydrogens (tertiary/aromatic N) is 4. The Morgan fingerprint density at radius 1 is 1.10 bits per heavy atom. The highest BCUT2D eigenvalue weighted by atomic mass is 32.2. The molecule has 0 aliphatic carbocycles. The van der Waals surface area contributed by atoms with Crippen molar-refractivity contribution < 1.29 is 27.7 Å². The lowest BCUT2D eigenvalue weighted by molar-refractivity contribution is 0.192. The molecule has 3 rings (SSSR count). The minimum Gasteiger partial charge on any atom is -0.493 e. The number of methoxy groups -OCH3 is 1. The van der Waals surface area contributed by atoms with E-state index in [1.807, 2.05) is 20.8 Å². The fraction of sp³-hybridized carbons (Fsp3) is 0.286. The van der Waals surface area contributed by atoms with E-state index < -0.39 is 10.0 Å². The predicted octanol–water partition coefficient (Wildman–Crippen LogP) is 4.73. The summed E-state index contributed by atoms with van der Waals surface area (Å²) < 4.78 is 46.6. The first-order valence-electron chi connectivity index (χ1n) is 12.3. The lowest BCUT2D eigenvalue weighted by atomic mass is 9.87. The number of anilines is 1. The second-order valence-electron chi connectivity index (χ2n) is 9.33. The number of para-hydroxylation sites is 2. The molecule has 0 aliphatic rings. The zero-order valence-electron chi connectivity index (χ0n) is 23.1. The standard InChI is InChI=1S/C28H33N5O6S/c1-7-16-30-25(29-5)26-31-24(33-40(35,36)20-14-12-19(13-15-20)28(2,3)4)23(27(32-26)38-18-17-34)39-22-11-9-8-10-21(22)37-6/h7-16,34H,5,17-18H2,1-4,6H3,(H,31,32,33)/b16-7-,30-25-. The van der Waals surface area contributed by atoms with Crippen LogP contribution in [0.2, 0.25) is 0 Å². The Bertz CT molecular complexity index is 1500. The van der Waals surface area contributed by atoms with E-state index in [1.165, 1.54) is 25.4 Å². The molecule has 0 unspecified atom stereocenters. The largest absolute Gasteiger partial charge is 0.493 e. The van der Waals surface area contributed by atoms with Gasteiger partial charge in [-0.1, -0.05) is 51.1 Å². The van der Waals surface area contributed by atoms with Gasteiger partial charge in [-0.15, -0.1) is 0 Å². The minimum atomic E-state index is -4.17. The molecule has 1 aromatic heterocycles. The number of aliphatic hydroxyl groups is 1. The van der Waals surface area contributed by atoms with Gasteiger partial charge >= 0.3 is 0 Å². The van der Waals surface area contributed by atoms with Gasteiger partial charge in [-0.3, -0.25) is 4.72 Å². The second-order valence-corrected chi connectivity index (χ2v) is 11.0. The van der Waals surface area contributed by atoms with Crippen molar-refractivity contribution in [3.63, 3.8) is 0 Å². The van der Waals surface area contributed by atoms with Crippen LogP contribution in [0.4, 0.5) is 5.82 Å². The maximum absolute atomic E-state index is 13.5. The number of aromatic nitrogens is 2. The van der Waals surface area contributed by atoms with Crippen molar-refractivity contribution in [2.45, 2.75) is 38.0 Å². The number of benzene rings is 2. The molecule has 0 spiro atoms. The molecule has 11 nitrogen and oxygen atoms in total. The fourth-order valence-corrected chi connectivity index (χ4v) is 4.38. The Morgan fingerprint density at radius 3 is 2.35 bits per heavy atom. The molecule has 12 heteroatoms. The summed E-state index contributed by atoms with van der Waals surface area (Å²) in [7, 11) is -2.70. The molecule has 0 atom stereocenters. The summed E-state index contributed by atoms with van der Waals surface area (Å²) in [6, 6.07) is 13.3. The van der Waals surface area contributed by atoms with Gasteiger partial charge < -0.3 is 19.3 Å². The molecule has 212 valence electrons. The van der Waals surface area contributed by atoms with Crippen LogP contribution in [0.15, 0.2) is 75.7 Å². The number of rotatable bonds is 11. The molecule has 0 radical (unpaired) electrons. The normalized spacial score (nSPS) is 12.3. The van der Waals surface area contributed by atoms with Crippen LogP contribution in [0.1, 0.15) is 39.1 Å². The number of hydrogen-bond acceptors (Lipinski definition) is 9. The van der Waals surface area contributed by atoms with Gasteiger partial charge in [0.15, 0.2) is 23.2 Å². The first-order chi connectivity index (χ1) is 19.0. The van der Waals surface area contributed by atoms with Crippen LogP contribution in [-0.2, 0) is 15.4 Å². The topological polar surface area (TPSA) is 145 Å². The average molecular weight is 568 g/mol. The van der Waals surface area contributed by atoms with Crippen molar-refractivity contribution in [3.05, 3.63) is 72.2 Å². The van der Waals surface area contributed by atoms with Gasteiger partial charge in [-0.2, -0.15) is 4.98 Å². The van der Waals surface area contributed by atoms with Crippen LogP contribution in [0, 0.1) is 0 Å². The van der Waals surface area contributed by atoms with E-state index in [-0.39, 0.29) is 58.4 Å². The minimum absolute atomic E-state index is 0.00534. The Kier molecular flexibility index (Phi) is 9.97. The summed E-state index contributed by atoms with van der Waals surface area (Å²) in [6.45, 7) is 10.9. The third-order valence-corrected chi connectivity index (χ3v) is 6.76. The molecular formula is C28H33N5O6S. The molecule has 2 N–H and O–H groups in total. The molecule has 3 aromatic rings. The van der Waals surface area contributed by atoms with Gasteiger partial charge in [0.05, 0.1) is 18.6 Å². The maximum Gasteiger partial charge on any atom is 0.263 e. The highest BCUT2D eigenvalue weighted by molar-refractivity contribution is 7.92. The summed E-state index contributed by atoms with van der Waals surface area (Å²) in [5.74, 6) is -0.0432. The summed E-state index contributed by atoms with van der Waals surface area (Å²) in [4.78, 5) is 16.8. The van der Waals surface area contributed by atoms with Crippen LogP contribution >= 0.6 is 0 Å². The van der Waals surface area contributed by atoms with Crippen molar-refractivity contribution in [1.82, 2.24) is 9.97 Å². The molecule has 0 bridgehead atoms. The maximum atomic E-state index is 13.5. The highest BCUT2D eigenvalue weighted by Gasteiger charge is 2.26. The van der Waals surface area contributed by atoms with Crippen molar-refractivity contribution in [2.75, 3.05) is 25.0 Å². The number of ether oxygens (including phenoxy) is 3. The van der Waals surface area contributed by atoms with Gasteiger partial charge in [0.2, 0.25) is 11.6 Å². The van der Waals surface area contributed by atoms with Crippen LogP contribution in [0.25, 0.3) is 0 Å². The van der Waals surface area contributed by atoms with Gasteiger partial charge in [-0.25, -0.2) is 23.4 Å². The summed E-state index contributed by atoms with van der Waals surface area (Å²) in [6.07, 6.45) is 3.12. The molecule has 1 heterocycles. The zero-order valence-corrected chi connectivity index (χ0v) is 23.9. The molecule has 0 fully saturated rings. The van der Waals surface area contributed by atoms with Crippen LogP contribution < -0.4 is 18.9 Å². The van der Waals surface area contributed by atoms with Crippen LogP contribution in [0.5, 0.6) is 23.1 Å². The molecule has 0 saturated heterocycles. The SMILES string of the molecule is C=N/C(=N\C=C/C)c1nc(NS(=O)(=O)c2ccc(C(C)(C)C)cc2)c(Oc2ccccc2OC)c(OCCO)n1. The van der Waals surface area contributed by atoms with Crippen LogP contribution in [0.3, 0.4) is 0 Å². The number of sulfonamides is 1. The Morgan fingerprint density at radius 2 is 1.77 bits per heavy atom. The fourth-order valence-electron chi connectivity index (χ4n) is 3.38. The van der Waals surface area contributed by atoms with E-state index in [1.54, 1.807) is 49.4 Å². The van der Waals surface area contributed by atoms with E-state index in [0.29, 0.717) is 5.75 Å². The smallest absolute Gasteiger partial charge is 0.263 e. The number of amidine groups is 1. The van der Waals surface area contributed by atoms with Gasteiger partial charge in [-0.05, 0) is 48.9 Å². The summed E-state index contributed by atoms with van der Waals surface area (Å²) >= 11 is 0. The zero-order chi connectivity index (χ0) is 29.3. The van der Waals surface area contributed by atoms with Gasteiger partial charge in [0, 0.05) is 6.20 Å². The highest BCUT2D eigenvalue weighted by Crippen LogP contribution is 2.40. The first kappa shape index (κ1) is 30.3. The molecular weight excluding hydrogens is 534 g/mol. The van der Waals surface area contributed by atoms with Crippen molar-refractivity contribution in [3.8, 4) is 23.1 Å². The molecule has 0 saturated carbocycles. The van der Waals surface area contributed by atoms with E-state index >= 15 is 0 Å². The van der Waals surface area contributed by atoms with E-state index in [4.69, 9.17) is 14.2 Å². The Balaban J connectivity index is 2.22. The number of aliphatic hydroxyl groups excluding tert-OH is 1. The van der Waals surface area contributed by atoms with E-state index in [0.717, 1.165) is 5.56 Å². The van der Waals surface area contributed by atoms with Gasteiger partial charge in [0.25, 0.3) is 15.9 Å². The van der Waals surface area contributed by atoms with Crippen molar-refractivity contribution in [1.29, 1.82) is 0 Å². The number of nitrogens with one attached hydrogen (secondary N) is 1. The number of aliphatic imine (C=N–C) groups is 2. The van der Waals surface area contributed by atoms with Crippen LogP contribution in [-0.4, -0.2) is 56.4 Å². The number of allylic oxidation sites excluding steroid dienone is 1. The van der Waals surface area contributed by atoms with E-state index in [2.05, 4.69) is 31.4 Å². The molecule has 2 aromatic carbocycles. The second kappa shape index (κ2) is 13.2. The quantitative estimate of drug-likeness (QED) is 0.250. The Labute approximate surface area is 234 Å². The van der Waals surface area contributed by atoms with Crippen molar-refractivity contribution >= 4 is 28.4 Å². The third kappa shape index (κ3) is 7.42. The summed E-state index contributed by atoms with van der Waals surface area (Å²) in [5, 5.41) is 9.41. The number of hydrogen-bond donors (Lipinski definition) is 2. The monoisotopic (exact) mass is 567 g/mol. The average Bonchev–Trinajstić information content (AvgIpc) is 2.93. The van der Waals surface area contributed by atoms with Gasteiger partial charge in [0.1, 0.15) is 6.61 Å². The summed E-state index contributed by atoms with van der Waals surface area (Å²) in [5.41, 5.74) is 0.810. The Hall–Kier alpha value is -4.29.